The second-order valence-corrected chi connectivity index (χ2v) is 9.21. The molecule has 4 rings (SSSR count). The minimum absolute atomic E-state index is 0.170. The topological polar surface area (TPSA) is 60.7 Å². The third-order valence-corrected chi connectivity index (χ3v) is 8.58. The third kappa shape index (κ3) is 2.06. The minimum atomic E-state index is -0.394. The summed E-state index contributed by atoms with van der Waals surface area (Å²) in [5.41, 5.74) is 1.33. The molecule has 3 N–H and O–H groups in total. The Morgan fingerprint density at radius 2 is 1.87 bits per heavy atom. The van der Waals surface area contributed by atoms with E-state index in [1.807, 2.05) is 6.08 Å². The molecule has 0 aromatic heterocycles. The van der Waals surface area contributed by atoms with Crippen LogP contribution < -0.4 is 0 Å². The van der Waals surface area contributed by atoms with Crippen molar-refractivity contribution in [3.63, 3.8) is 0 Å². The zero-order valence-corrected chi connectivity index (χ0v) is 14.5. The molecule has 8 atom stereocenters. The second kappa shape index (κ2) is 5.31. The van der Waals surface area contributed by atoms with Gasteiger partial charge in [-0.1, -0.05) is 25.5 Å². The van der Waals surface area contributed by atoms with E-state index < -0.39 is 6.10 Å². The van der Waals surface area contributed by atoms with Crippen LogP contribution in [0.4, 0.5) is 0 Å². The lowest BCUT2D eigenvalue weighted by Gasteiger charge is -2.59. The van der Waals surface area contributed by atoms with Crippen LogP contribution in [0.1, 0.15) is 58.8 Å². The fraction of sp³-hybridized carbons (Fsp3) is 0.900. The summed E-state index contributed by atoms with van der Waals surface area (Å²) in [4.78, 5) is 0. The molecule has 0 aliphatic heterocycles. The van der Waals surface area contributed by atoms with Gasteiger partial charge in [0.05, 0.1) is 18.8 Å². The molecule has 0 spiro atoms. The van der Waals surface area contributed by atoms with Crippen LogP contribution in [0.2, 0.25) is 0 Å². The highest BCUT2D eigenvalue weighted by Crippen LogP contribution is 2.66. The van der Waals surface area contributed by atoms with Gasteiger partial charge in [0.15, 0.2) is 0 Å². The average Bonchev–Trinajstić information content (AvgIpc) is 2.83. The molecule has 0 bridgehead atoms. The largest absolute Gasteiger partial charge is 0.395 e. The fourth-order valence-electron chi connectivity index (χ4n) is 6.99. The van der Waals surface area contributed by atoms with E-state index in [1.165, 1.54) is 19.3 Å². The monoisotopic (exact) mass is 320 g/mol. The van der Waals surface area contributed by atoms with Gasteiger partial charge in [0, 0.05) is 5.41 Å². The Kier molecular flexibility index (Phi) is 3.72. The maximum atomic E-state index is 10.9. The van der Waals surface area contributed by atoms with Crippen LogP contribution in [0.15, 0.2) is 11.6 Å². The molecule has 130 valence electrons. The van der Waals surface area contributed by atoms with Crippen molar-refractivity contribution in [1.82, 2.24) is 0 Å². The molecule has 0 aromatic carbocycles. The minimum Gasteiger partial charge on any atom is -0.395 e. The van der Waals surface area contributed by atoms with Gasteiger partial charge >= 0.3 is 0 Å². The van der Waals surface area contributed by atoms with Crippen molar-refractivity contribution in [3.8, 4) is 0 Å². The Hall–Kier alpha value is -0.380. The van der Waals surface area contributed by atoms with Crippen molar-refractivity contribution in [2.45, 2.75) is 71.0 Å². The molecule has 4 aliphatic rings. The van der Waals surface area contributed by atoms with Crippen LogP contribution in [-0.2, 0) is 0 Å². The predicted molar refractivity (Wildman–Crippen MR) is 89.7 cm³/mol. The summed E-state index contributed by atoms with van der Waals surface area (Å²) in [7, 11) is 0. The molecule has 0 heterocycles. The van der Waals surface area contributed by atoms with Crippen molar-refractivity contribution in [1.29, 1.82) is 0 Å². The van der Waals surface area contributed by atoms with Gasteiger partial charge in [-0.05, 0) is 74.0 Å². The first-order valence-corrected chi connectivity index (χ1v) is 9.60. The molecule has 3 nitrogen and oxygen atoms in total. The van der Waals surface area contributed by atoms with Crippen LogP contribution in [-0.4, -0.2) is 34.1 Å². The van der Waals surface area contributed by atoms with E-state index >= 15 is 0 Å². The van der Waals surface area contributed by atoms with Crippen molar-refractivity contribution < 1.29 is 15.3 Å². The predicted octanol–water partition coefficient (Wildman–Crippen LogP) is 2.89. The van der Waals surface area contributed by atoms with Crippen molar-refractivity contribution in [2.75, 3.05) is 6.61 Å². The van der Waals surface area contributed by atoms with Gasteiger partial charge in [-0.3, -0.25) is 0 Å². The van der Waals surface area contributed by atoms with Gasteiger partial charge in [-0.2, -0.15) is 0 Å². The molecule has 4 aliphatic carbocycles. The van der Waals surface area contributed by atoms with Crippen molar-refractivity contribution in [2.24, 2.45) is 34.5 Å². The molecule has 0 saturated heterocycles. The summed E-state index contributed by atoms with van der Waals surface area (Å²) in [6, 6.07) is 0. The van der Waals surface area contributed by atoms with E-state index in [2.05, 4.69) is 13.8 Å². The summed E-state index contributed by atoms with van der Waals surface area (Å²) in [5, 5.41) is 31.4. The summed E-state index contributed by atoms with van der Waals surface area (Å²) < 4.78 is 0. The SMILES string of the molecule is C[C@H]1CCC2C3C(O)C=C4C[C@@H](O)CC[C@]4(CO)C3CC[C@@]21C. The molecule has 0 aromatic rings. The number of aliphatic hydroxyl groups is 3. The van der Waals surface area contributed by atoms with Crippen LogP contribution in [0, 0.1) is 34.5 Å². The number of fused-ring (bicyclic) bond motifs is 5. The van der Waals surface area contributed by atoms with E-state index in [1.54, 1.807) is 0 Å². The molecule has 3 fully saturated rings. The third-order valence-electron chi connectivity index (χ3n) is 8.58. The highest BCUT2D eigenvalue weighted by molar-refractivity contribution is 5.29. The molecule has 3 saturated carbocycles. The summed E-state index contributed by atoms with van der Waals surface area (Å²) >= 11 is 0. The molecule has 4 unspecified atom stereocenters. The first-order valence-electron chi connectivity index (χ1n) is 9.60. The van der Waals surface area contributed by atoms with Gasteiger partial charge in [0.1, 0.15) is 0 Å². The number of aliphatic hydroxyl groups excluding tert-OH is 3. The lowest BCUT2D eigenvalue weighted by molar-refractivity contribution is -0.109. The van der Waals surface area contributed by atoms with Crippen LogP contribution >= 0.6 is 0 Å². The maximum Gasteiger partial charge on any atom is 0.0757 e. The lowest BCUT2D eigenvalue weighted by Crippen LogP contribution is -2.56. The fourth-order valence-corrected chi connectivity index (χ4v) is 6.99. The van der Waals surface area contributed by atoms with Gasteiger partial charge in [0.2, 0.25) is 0 Å². The first kappa shape index (κ1) is 16.1. The first-order chi connectivity index (χ1) is 10.9. The maximum absolute atomic E-state index is 10.9. The van der Waals surface area contributed by atoms with Crippen LogP contribution in [0.5, 0.6) is 0 Å². The van der Waals surface area contributed by atoms with E-state index in [0.717, 1.165) is 30.8 Å². The Morgan fingerprint density at radius 3 is 2.61 bits per heavy atom. The Balaban J connectivity index is 1.75. The molecule has 0 radical (unpaired) electrons. The molecular formula is C20H32O3. The van der Waals surface area contributed by atoms with E-state index in [0.29, 0.717) is 29.6 Å². The number of hydrogen-bond donors (Lipinski definition) is 3. The summed E-state index contributed by atoms with van der Waals surface area (Å²) in [5.74, 6) is 2.01. The van der Waals surface area contributed by atoms with Crippen molar-refractivity contribution in [3.05, 3.63) is 11.6 Å². The van der Waals surface area contributed by atoms with E-state index in [4.69, 9.17) is 0 Å². The quantitative estimate of drug-likeness (QED) is 0.651. The van der Waals surface area contributed by atoms with E-state index in [9.17, 15) is 15.3 Å². The van der Waals surface area contributed by atoms with Gasteiger partial charge < -0.3 is 15.3 Å². The normalized spacial score (nSPS) is 55.6. The smallest absolute Gasteiger partial charge is 0.0757 e. The van der Waals surface area contributed by atoms with Gasteiger partial charge in [-0.15, -0.1) is 0 Å². The zero-order chi connectivity index (χ0) is 16.4. The highest BCUT2D eigenvalue weighted by Gasteiger charge is 2.60. The highest BCUT2D eigenvalue weighted by atomic mass is 16.3. The van der Waals surface area contributed by atoms with E-state index in [-0.39, 0.29) is 18.1 Å². The van der Waals surface area contributed by atoms with Gasteiger partial charge in [-0.25, -0.2) is 0 Å². The van der Waals surface area contributed by atoms with Crippen LogP contribution in [0.25, 0.3) is 0 Å². The number of hydrogen-bond acceptors (Lipinski definition) is 3. The van der Waals surface area contributed by atoms with Gasteiger partial charge in [0.25, 0.3) is 0 Å². The average molecular weight is 320 g/mol. The Labute approximate surface area is 139 Å². The lowest BCUT2D eigenvalue weighted by atomic mass is 9.46. The van der Waals surface area contributed by atoms with Crippen LogP contribution in [0.3, 0.4) is 0 Å². The summed E-state index contributed by atoms with van der Waals surface area (Å²) in [6.07, 6.45) is 8.48. The molecule has 0 amide bonds. The molecule has 23 heavy (non-hydrogen) atoms. The molecule has 3 heteroatoms. The van der Waals surface area contributed by atoms with Crippen molar-refractivity contribution >= 4 is 0 Å². The Morgan fingerprint density at radius 1 is 1.09 bits per heavy atom. The Bertz CT molecular complexity index is 515. The second-order valence-electron chi connectivity index (χ2n) is 9.21. The summed E-state index contributed by atoms with van der Waals surface area (Å²) in [6.45, 7) is 5.00. The standard InChI is InChI=1S/C20H32O3/c1-12-3-4-15-18-16(6-7-19(12,15)2)20(11-21)8-5-14(22)9-13(20)10-17(18)23/h10,12,14-18,21-23H,3-9,11H2,1-2H3/t12-,14-,15?,16?,17?,18?,19+,20+/m0/s1. The number of rotatable bonds is 1. The molecular weight excluding hydrogens is 288 g/mol. The zero-order valence-electron chi connectivity index (χ0n) is 14.5.